The summed E-state index contributed by atoms with van der Waals surface area (Å²) in [5.74, 6) is 0.167. The van der Waals surface area contributed by atoms with Gasteiger partial charge < -0.3 is 0 Å². The second-order valence-corrected chi connectivity index (χ2v) is 3.69. The van der Waals surface area contributed by atoms with E-state index in [0.29, 0.717) is 19.3 Å². The zero-order valence-corrected chi connectivity index (χ0v) is 7.43. The van der Waals surface area contributed by atoms with Crippen LogP contribution in [0.5, 0.6) is 0 Å². The molecule has 0 spiro atoms. The zero-order valence-electron chi connectivity index (χ0n) is 7.43. The standard InChI is InChI=1S/C10H14O2/c1-3-5-10(2)6-4-8(11)7-9(10)12/h3H,1,4-7H2,2H3/t10-/m1/s1. The molecule has 0 saturated heterocycles. The van der Waals surface area contributed by atoms with E-state index < -0.39 is 0 Å². The minimum atomic E-state index is -0.310. The molecule has 1 aliphatic carbocycles. The van der Waals surface area contributed by atoms with E-state index in [-0.39, 0.29) is 23.4 Å². The van der Waals surface area contributed by atoms with Crippen molar-refractivity contribution in [3.63, 3.8) is 0 Å². The van der Waals surface area contributed by atoms with E-state index in [0.717, 1.165) is 0 Å². The highest BCUT2D eigenvalue weighted by Gasteiger charge is 2.36. The summed E-state index contributed by atoms with van der Waals surface area (Å²) in [6.45, 7) is 5.54. The van der Waals surface area contributed by atoms with E-state index in [4.69, 9.17) is 0 Å². The maximum absolute atomic E-state index is 11.4. The molecule has 1 atom stereocenters. The molecular formula is C10H14O2. The van der Waals surface area contributed by atoms with Crippen LogP contribution in [-0.4, -0.2) is 11.6 Å². The van der Waals surface area contributed by atoms with Crippen molar-refractivity contribution in [1.82, 2.24) is 0 Å². The summed E-state index contributed by atoms with van der Waals surface area (Å²) in [6.07, 6.45) is 3.82. The summed E-state index contributed by atoms with van der Waals surface area (Å²) in [7, 11) is 0. The molecule has 12 heavy (non-hydrogen) atoms. The number of carbonyl (C=O) groups is 2. The molecule has 1 rings (SSSR count). The average molecular weight is 166 g/mol. The lowest BCUT2D eigenvalue weighted by molar-refractivity contribution is -0.137. The molecule has 2 heteroatoms. The van der Waals surface area contributed by atoms with E-state index in [1.807, 2.05) is 6.92 Å². The zero-order chi connectivity index (χ0) is 9.19. The predicted molar refractivity (Wildman–Crippen MR) is 46.8 cm³/mol. The normalized spacial score (nSPS) is 30.4. The maximum atomic E-state index is 11.4. The molecule has 0 unspecified atom stereocenters. The first-order chi connectivity index (χ1) is 5.58. The Bertz CT molecular complexity index is 230. The third-order valence-electron chi connectivity index (χ3n) is 2.58. The van der Waals surface area contributed by atoms with Crippen LogP contribution >= 0.6 is 0 Å². The highest BCUT2D eigenvalue weighted by Crippen LogP contribution is 2.34. The van der Waals surface area contributed by atoms with Gasteiger partial charge in [-0.2, -0.15) is 0 Å². The van der Waals surface area contributed by atoms with Gasteiger partial charge in [-0.3, -0.25) is 9.59 Å². The third-order valence-corrected chi connectivity index (χ3v) is 2.58. The summed E-state index contributed by atoms with van der Waals surface area (Å²) >= 11 is 0. The van der Waals surface area contributed by atoms with Crippen LogP contribution in [0.1, 0.15) is 32.6 Å². The van der Waals surface area contributed by atoms with Crippen molar-refractivity contribution in [3.05, 3.63) is 12.7 Å². The first kappa shape index (κ1) is 9.17. The molecule has 1 aliphatic rings. The summed E-state index contributed by atoms with van der Waals surface area (Å²) in [5.41, 5.74) is -0.310. The van der Waals surface area contributed by atoms with E-state index in [1.165, 1.54) is 0 Å². The molecule has 1 saturated carbocycles. The number of ketones is 2. The minimum Gasteiger partial charge on any atom is -0.299 e. The molecular weight excluding hydrogens is 152 g/mol. The Morgan fingerprint density at radius 2 is 2.25 bits per heavy atom. The second kappa shape index (κ2) is 3.21. The molecule has 0 aliphatic heterocycles. The second-order valence-electron chi connectivity index (χ2n) is 3.69. The summed E-state index contributed by atoms with van der Waals surface area (Å²) in [5, 5.41) is 0. The number of hydrogen-bond acceptors (Lipinski definition) is 2. The van der Waals surface area contributed by atoms with Crippen molar-refractivity contribution in [1.29, 1.82) is 0 Å². The first-order valence-electron chi connectivity index (χ1n) is 4.24. The van der Waals surface area contributed by atoms with Gasteiger partial charge in [-0.1, -0.05) is 13.0 Å². The van der Waals surface area contributed by atoms with Crippen LogP contribution in [0.3, 0.4) is 0 Å². The minimum absolute atomic E-state index is 0.0821. The average Bonchev–Trinajstić information content (AvgIpc) is 1.99. The van der Waals surface area contributed by atoms with E-state index in [2.05, 4.69) is 6.58 Å². The Morgan fingerprint density at radius 3 is 2.75 bits per heavy atom. The van der Waals surface area contributed by atoms with Gasteiger partial charge in [-0.25, -0.2) is 0 Å². The van der Waals surface area contributed by atoms with Gasteiger partial charge in [0.25, 0.3) is 0 Å². The molecule has 0 radical (unpaired) electrons. The predicted octanol–water partition coefficient (Wildman–Crippen LogP) is 1.89. The number of rotatable bonds is 2. The molecule has 0 aromatic rings. The van der Waals surface area contributed by atoms with Crippen LogP contribution < -0.4 is 0 Å². The maximum Gasteiger partial charge on any atom is 0.146 e. The first-order valence-corrected chi connectivity index (χ1v) is 4.24. The van der Waals surface area contributed by atoms with Gasteiger partial charge in [0.1, 0.15) is 11.6 Å². The van der Waals surface area contributed by atoms with Gasteiger partial charge in [-0.05, 0) is 12.8 Å². The third kappa shape index (κ3) is 1.63. The highest BCUT2D eigenvalue weighted by molar-refractivity contribution is 6.04. The largest absolute Gasteiger partial charge is 0.299 e. The summed E-state index contributed by atoms with van der Waals surface area (Å²) < 4.78 is 0. The lowest BCUT2D eigenvalue weighted by Crippen LogP contribution is -2.34. The van der Waals surface area contributed by atoms with Gasteiger partial charge in [0.05, 0.1) is 6.42 Å². The fourth-order valence-corrected chi connectivity index (χ4v) is 1.57. The van der Waals surface area contributed by atoms with Crippen molar-refractivity contribution in [3.8, 4) is 0 Å². The molecule has 0 bridgehead atoms. The van der Waals surface area contributed by atoms with Gasteiger partial charge in [0.2, 0.25) is 0 Å². The van der Waals surface area contributed by atoms with Crippen LogP contribution in [-0.2, 0) is 9.59 Å². The highest BCUT2D eigenvalue weighted by atomic mass is 16.1. The number of allylic oxidation sites excluding steroid dienone is 1. The van der Waals surface area contributed by atoms with Crippen LogP contribution in [0.25, 0.3) is 0 Å². The van der Waals surface area contributed by atoms with Crippen LogP contribution in [0.2, 0.25) is 0 Å². The topological polar surface area (TPSA) is 34.1 Å². The van der Waals surface area contributed by atoms with Gasteiger partial charge >= 0.3 is 0 Å². The van der Waals surface area contributed by atoms with Crippen molar-refractivity contribution in [2.75, 3.05) is 0 Å². The van der Waals surface area contributed by atoms with Crippen molar-refractivity contribution < 1.29 is 9.59 Å². The molecule has 2 nitrogen and oxygen atoms in total. The smallest absolute Gasteiger partial charge is 0.146 e. The van der Waals surface area contributed by atoms with E-state index in [9.17, 15) is 9.59 Å². The Labute approximate surface area is 72.7 Å². The summed E-state index contributed by atoms with van der Waals surface area (Å²) in [4.78, 5) is 22.4. The van der Waals surface area contributed by atoms with Crippen molar-refractivity contribution in [2.45, 2.75) is 32.6 Å². The fourth-order valence-electron chi connectivity index (χ4n) is 1.57. The lowest BCUT2D eigenvalue weighted by Gasteiger charge is -2.29. The fraction of sp³-hybridized carbons (Fsp3) is 0.600. The monoisotopic (exact) mass is 166 g/mol. The summed E-state index contributed by atoms with van der Waals surface area (Å²) in [6, 6.07) is 0. The van der Waals surface area contributed by atoms with Crippen molar-refractivity contribution in [2.24, 2.45) is 5.41 Å². The Kier molecular flexibility index (Phi) is 2.46. The molecule has 0 amide bonds. The van der Waals surface area contributed by atoms with E-state index >= 15 is 0 Å². The Morgan fingerprint density at radius 1 is 1.58 bits per heavy atom. The van der Waals surface area contributed by atoms with Gasteiger partial charge in [0.15, 0.2) is 0 Å². The molecule has 0 aromatic carbocycles. The van der Waals surface area contributed by atoms with Crippen LogP contribution in [0.15, 0.2) is 12.7 Å². The number of carbonyl (C=O) groups excluding carboxylic acids is 2. The lowest BCUT2D eigenvalue weighted by atomic mass is 9.72. The molecule has 0 aromatic heterocycles. The quantitative estimate of drug-likeness (QED) is 0.463. The number of hydrogen-bond donors (Lipinski definition) is 0. The van der Waals surface area contributed by atoms with Crippen LogP contribution in [0, 0.1) is 5.41 Å². The van der Waals surface area contributed by atoms with E-state index in [1.54, 1.807) is 6.08 Å². The molecule has 1 fully saturated rings. The SMILES string of the molecule is C=CC[C@]1(C)CCC(=O)CC1=O. The number of Topliss-reactive ketones (excluding diaryl/α,β-unsaturated/α-hetero) is 2. The van der Waals surface area contributed by atoms with Gasteiger partial charge in [-0.15, -0.1) is 6.58 Å². The van der Waals surface area contributed by atoms with Crippen molar-refractivity contribution >= 4 is 11.6 Å². The Hall–Kier alpha value is -0.920. The van der Waals surface area contributed by atoms with Crippen LogP contribution in [0.4, 0.5) is 0 Å². The van der Waals surface area contributed by atoms with Gasteiger partial charge in [0, 0.05) is 11.8 Å². The molecule has 0 heterocycles. The Balaban J connectivity index is 2.72. The molecule has 66 valence electrons. The molecule has 0 N–H and O–H groups in total.